The fourth-order valence-corrected chi connectivity index (χ4v) is 2.17. The van der Waals surface area contributed by atoms with E-state index in [9.17, 15) is 4.39 Å². The van der Waals surface area contributed by atoms with E-state index in [1.165, 1.54) is 12.1 Å². The first-order valence-electron chi connectivity index (χ1n) is 5.79. The normalized spacial score (nSPS) is 9.90. The lowest BCUT2D eigenvalue weighted by Gasteiger charge is -2.11. The average molecular weight is 336 g/mol. The van der Waals surface area contributed by atoms with Crippen LogP contribution in [-0.2, 0) is 6.61 Å². The van der Waals surface area contributed by atoms with E-state index < -0.39 is 0 Å². The molecular weight excluding hydrogens is 325 g/mol. The molecule has 0 aliphatic rings. The maximum atomic E-state index is 13.0. The van der Waals surface area contributed by atoms with Crippen LogP contribution in [0.25, 0.3) is 0 Å². The summed E-state index contributed by atoms with van der Waals surface area (Å²) in [4.78, 5) is 0. The van der Waals surface area contributed by atoms with Crippen molar-refractivity contribution >= 4 is 15.9 Å². The Kier molecular flexibility index (Phi) is 4.59. The van der Waals surface area contributed by atoms with E-state index in [0.717, 1.165) is 5.56 Å². The minimum atomic E-state index is -0.340. The van der Waals surface area contributed by atoms with Crippen molar-refractivity contribution in [2.75, 3.05) is 7.11 Å². The summed E-state index contributed by atoms with van der Waals surface area (Å²) in [7, 11) is 1.55. The number of nitrogens with zero attached hydrogens (tertiary/aromatic N) is 1. The summed E-state index contributed by atoms with van der Waals surface area (Å²) in [6.45, 7) is 0.225. The van der Waals surface area contributed by atoms with Gasteiger partial charge in [0, 0.05) is 5.56 Å². The molecule has 0 heterocycles. The molecule has 2 aromatic carbocycles. The number of methoxy groups -OCH3 is 1. The molecule has 0 fully saturated rings. The van der Waals surface area contributed by atoms with Crippen LogP contribution in [0, 0.1) is 17.1 Å². The number of benzene rings is 2. The minimum absolute atomic E-state index is 0.225. The van der Waals surface area contributed by atoms with E-state index in [4.69, 9.17) is 14.7 Å². The average Bonchev–Trinajstić information content (AvgIpc) is 2.46. The van der Waals surface area contributed by atoms with Crippen molar-refractivity contribution in [3.63, 3.8) is 0 Å². The quantitative estimate of drug-likeness (QED) is 0.846. The Bertz CT molecular complexity index is 667. The molecule has 5 heteroatoms. The molecule has 0 aliphatic carbocycles. The van der Waals surface area contributed by atoms with Gasteiger partial charge in [-0.2, -0.15) is 5.26 Å². The first kappa shape index (κ1) is 14.4. The highest BCUT2D eigenvalue weighted by Crippen LogP contribution is 2.28. The van der Waals surface area contributed by atoms with Gasteiger partial charge in [-0.25, -0.2) is 4.39 Å². The Morgan fingerprint density at radius 3 is 2.60 bits per heavy atom. The molecule has 2 rings (SSSR count). The third-order valence-corrected chi connectivity index (χ3v) is 3.31. The maximum absolute atomic E-state index is 13.0. The molecule has 2 aromatic rings. The zero-order valence-corrected chi connectivity index (χ0v) is 12.3. The predicted molar refractivity (Wildman–Crippen MR) is 76.1 cm³/mol. The molecule has 0 radical (unpaired) electrons. The van der Waals surface area contributed by atoms with Crippen LogP contribution in [0.4, 0.5) is 4.39 Å². The van der Waals surface area contributed by atoms with Crippen molar-refractivity contribution in [1.29, 1.82) is 5.26 Å². The van der Waals surface area contributed by atoms with Gasteiger partial charge in [0.25, 0.3) is 0 Å². The van der Waals surface area contributed by atoms with Gasteiger partial charge in [0.1, 0.15) is 23.9 Å². The summed E-state index contributed by atoms with van der Waals surface area (Å²) in [6.07, 6.45) is 0. The Labute approximate surface area is 124 Å². The van der Waals surface area contributed by atoms with Crippen molar-refractivity contribution < 1.29 is 13.9 Å². The third-order valence-electron chi connectivity index (χ3n) is 2.69. The topological polar surface area (TPSA) is 42.2 Å². The summed E-state index contributed by atoms with van der Waals surface area (Å²) in [5.41, 5.74) is 1.28. The molecule has 0 amide bonds. The molecule has 0 unspecified atom stereocenters. The van der Waals surface area contributed by atoms with E-state index in [1.807, 2.05) is 0 Å². The standard InChI is InChI=1S/C15H11BrFNO2/c1-19-14-4-2-10(8-18)6-11(14)9-20-15-5-3-12(17)7-13(15)16/h2-7H,9H2,1H3. The second kappa shape index (κ2) is 6.40. The van der Waals surface area contributed by atoms with Crippen molar-refractivity contribution in [2.45, 2.75) is 6.61 Å². The van der Waals surface area contributed by atoms with Gasteiger partial charge in [0.2, 0.25) is 0 Å². The molecule has 0 aromatic heterocycles. The molecule has 102 valence electrons. The summed E-state index contributed by atoms with van der Waals surface area (Å²) >= 11 is 3.24. The van der Waals surface area contributed by atoms with Gasteiger partial charge in [-0.05, 0) is 52.3 Å². The highest BCUT2D eigenvalue weighted by atomic mass is 79.9. The van der Waals surface area contributed by atoms with Crippen LogP contribution in [-0.4, -0.2) is 7.11 Å². The fourth-order valence-electron chi connectivity index (χ4n) is 1.71. The summed E-state index contributed by atoms with van der Waals surface area (Å²) < 4.78 is 24.4. The second-order valence-corrected chi connectivity index (χ2v) is 4.86. The molecule has 0 N–H and O–H groups in total. The first-order valence-corrected chi connectivity index (χ1v) is 6.58. The van der Waals surface area contributed by atoms with Crippen LogP contribution < -0.4 is 9.47 Å². The van der Waals surface area contributed by atoms with Crippen LogP contribution in [0.2, 0.25) is 0 Å². The van der Waals surface area contributed by atoms with Crippen molar-refractivity contribution in [3.8, 4) is 17.6 Å². The molecule has 0 spiro atoms. The molecule has 3 nitrogen and oxygen atoms in total. The Balaban J connectivity index is 2.20. The molecule has 0 saturated carbocycles. The Hall–Kier alpha value is -2.06. The van der Waals surface area contributed by atoms with Crippen LogP contribution in [0.1, 0.15) is 11.1 Å². The SMILES string of the molecule is COc1ccc(C#N)cc1COc1ccc(F)cc1Br. The van der Waals surface area contributed by atoms with Crippen LogP contribution in [0.15, 0.2) is 40.9 Å². The summed E-state index contributed by atoms with van der Waals surface area (Å²) in [6, 6.07) is 11.4. The predicted octanol–water partition coefficient (Wildman–Crippen LogP) is 4.05. The van der Waals surface area contributed by atoms with Crippen molar-refractivity contribution in [1.82, 2.24) is 0 Å². The van der Waals surface area contributed by atoms with Gasteiger partial charge in [0.15, 0.2) is 0 Å². The molecule has 0 atom stereocenters. The number of halogens is 2. The van der Waals surface area contributed by atoms with Crippen molar-refractivity contribution in [3.05, 3.63) is 57.8 Å². The maximum Gasteiger partial charge on any atom is 0.134 e. The monoisotopic (exact) mass is 335 g/mol. The van der Waals surface area contributed by atoms with Gasteiger partial charge in [-0.3, -0.25) is 0 Å². The summed E-state index contributed by atoms with van der Waals surface area (Å²) in [5.74, 6) is 0.825. The lowest BCUT2D eigenvalue weighted by atomic mass is 10.1. The number of rotatable bonds is 4. The second-order valence-electron chi connectivity index (χ2n) is 4.00. The number of nitriles is 1. The lowest BCUT2D eigenvalue weighted by molar-refractivity contribution is 0.294. The molecule has 0 aliphatic heterocycles. The smallest absolute Gasteiger partial charge is 0.134 e. The van der Waals surface area contributed by atoms with E-state index in [2.05, 4.69) is 22.0 Å². The first-order chi connectivity index (χ1) is 9.63. The molecule has 0 saturated heterocycles. The molecular formula is C15H11BrFNO2. The fraction of sp³-hybridized carbons (Fsp3) is 0.133. The van der Waals surface area contributed by atoms with Gasteiger partial charge in [0.05, 0.1) is 23.2 Å². The largest absolute Gasteiger partial charge is 0.496 e. The number of ether oxygens (including phenoxy) is 2. The van der Waals surface area contributed by atoms with E-state index in [1.54, 1.807) is 31.4 Å². The van der Waals surface area contributed by atoms with E-state index >= 15 is 0 Å². The Morgan fingerprint density at radius 1 is 1.20 bits per heavy atom. The number of hydrogen-bond acceptors (Lipinski definition) is 3. The number of hydrogen-bond donors (Lipinski definition) is 0. The van der Waals surface area contributed by atoms with E-state index in [-0.39, 0.29) is 12.4 Å². The molecule has 0 bridgehead atoms. The van der Waals surface area contributed by atoms with Gasteiger partial charge in [-0.1, -0.05) is 0 Å². The molecule has 20 heavy (non-hydrogen) atoms. The zero-order chi connectivity index (χ0) is 14.5. The highest BCUT2D eigenvalue weighted by Gasteiger charge is 2.08. The van der Waals surface area contributed by atoms with Gasteiger partial charge in [-0.15, -0.1) is 0 Å². The minimum Gasteiger partial charge on any atom is -0.496 e. The van der Waals surface area contributed by atoms with Crippen molar-refractivity contribution in [2.24, 2.45) is 0 Å². The summed E-state index contributed by atoms with van der Waals surface area (Å²) in [5, 5.41) is 8.90. The van der Waals surface area contributed by atoms with Crippen LogP contribution in [0.3, 0.4) is 0 Å². The van der Waals surface area contributed by atoms with Gasteiger partial charge >= 0.3 is 0 Å². The van der Waals surface area contributed by atoms with Crippen LogP contribution >= 0.6 is 15.9 Å². The highest BCUT2D eigenvalue weighted by molar-refractivity contribution is 9.10. The van der Waals surface area contributed by atoms with Gasteiger partial charge < -0.3 is 9.47 Å². The van der Waals surface area contributed by atoms with E-state index in [0.29, 0.717) is 21.5 Å². The third kappa shape index (κ3) is 3.28. The van der Waals surface area contributed by atoms with Crippen LogP contribution in [0.5, 0.6) is 11.5 Å². The lowest BCUT2D eigenvalue weighted by Crippen LogP contribution is -2.00. The Morgan fingerprint density at radius 2 is 1.95 bits per heavy atom. The zero-order valence-electron chi connectivity index (χ0n) is 10.7.